The van der Waals surface area contributed by atoms with Crippen molar-refractivity contribution < 1.29 is 0 Å². The molecule has 0 bridgehead atoms. The first-order chi connectivity index (χ1) is 9.61. The van der Waals surface area contributed by atoms with Gasteiger partial charge in [0.15, 0.2) is 0 Å². The SMILES string of the molecule is C/C(=N\N)c1cc2c(c(C(C)C)c1)-c1ccccc1C2. The molecule has 2 N–H and O–H groups in total. The molecule has 0 aliphatic heterocycles. The highest BCUT2D eigenvalue weighted by atomic mass is 15.1. The molecule has 102 valence electrons. The van der Waals surface area contributed by atoms with Crippen molar-refractivity contribution in [1.82, 2.24) is 0 Å². The summed E-state index contributed by atoms with van der Waals surface area (Å²) in [5, 5.41) is 3.85. The van der Waals surface area contributed by atoms with Crippen molar-refractivity contribution in [2.45, 2.75) is 33.1 Å². The van der Waals surface area contributed by atoms with Crippen LogP contribution in [0.4, 0.5) is 0 Å². The summed E-state index contributed by atoms with van der Waals surface area (Å²) in [4.78, 5) is 0. The fraction of sp³-hybridized carbons (Fsp3) is 0.278. The molecule has 0 saturated heterocycles. The van der Waals surface area contributed by atoms with Crippen molar-refractivity contribution >= 4 is 5.71 Å². The average Bonchev–Trinajstić information content (AvgIpc) is 2.83. The van der Waals surface area contributed by atoms with E-state index in [1.807, 2.05) is 6.92 Å². The van der Waals surface area contributed by atoms with Crippen LogP contribution in [0.25, 0.3) is 11.1 Å². The third-order valence-corrected chi connectivity index (χ3v) is 4.15. The molecule has 0 heterocycles. The highest BCUT2D eigenvalue weighted by Crippen LogP contribution is 2.42. The van der Waals surface area contributed by atoms with Gasteiger partial charge in [-0.2, -0.15) is 5.10 Å². The number of nitrogens with zero attached hydrogens (tertiary/aromatic N) is 1. The van der Waals surface area contributed by atoms with Gasteiger partial charge in [-0.3, -0.25) is 0 Å². The van der Waals surface area contributed by atoms with E-state index in [9.17, 15) is 0 Å². The zero-order chi connectivity index (χ0) is 14.3. The second-order valence-electron chi connectivity index (χ2n) is 5.80. The van der Waals surface area contributed by atoms with Gasteiger partial charge in [0.25, 0.3) is 0 Å². The van der Waals surface area contributed by atoms with Crippen LogP contribution < -0.4 is 5.84 Å². The van der Waals surface area contributed by atoms with Gasteiger partial charge in [0.1, 0.15) is 0 Å². The normalized spacial score (nSPS) is 13.5. The summed E-state index contributed by atoms with van der Waals surface area (Å²) in [6.07, 6.45) is 1.01. The zero-order valence-electron chi connectivity index (χ0n) is 12.3. The first kappa shape index (κ1) is 12.9. The highest BCUT2D eigenvalue weighted by Gasteiger charge is 2.23. The maximum atomic E-state index is 5.45. The van der Waals surface area contributed by atoms with E-state index in [1.165, 1.54) is 27.8 Å². The molecule has 2 aromatic rings. The molecule has 0 unspecified atom stereocenters. The highest BCUT2D eigenvalue weighted by molar-refractivity contribution is 6.00. The lowest BCUT2D eigenvalue weighted by Gasteiger charge is -2.15. The maximum absolute atomic E-state index is 5.45. The zero-order valence-corrected chi connectivity index (χ0v) is 12.3. The Bertz CT molecular complexity index is 697. The molecule has 0 radical (unpaired) electrons. The summed E-state index contributed by atoms with van der Waals surface area (Å²) >= 11 is 0. The van der Waals surface area contributed by atoms with E-state index in [0.29, 0.717) is 5.92 Å². The van der Waals surface area contributed by atoms with E-state index < -0.39 is 0 Å². The molecule has 0 fully saturated rings. The van der Waals surface area contributed by atoms with Crippen molar-refractivity contribution in [3.63, 3.8) is 0 Å². The largest absolute Gasteiger partial charge is 0.323 e. The van der Waals surface area contributed by atoms with Gasteiger partial charge in [0, 0.05) is 0 Å². The summed E-state index contributed by atoms with van der Waals surface area (Å²) < 4.78 is 0. The van der Waals surface area contributed by atoms with E-state index in [4.69, 9.17) is 5.84 Å². The van der Waals surface area contributed by atoms with Crippen molar-refractivity contribution in [3.8, 4) is 11.1 Å². The standard InChI is InChI=1S/C18H20N2/c1-11(2)17-10-14(12(3)20-19)9-15-8-13-6-4-5-7-16(13)18(15)17/h4-7,9-11H,8,19H2,1-3H3/b20-12+. The minimum absolute atomic E-state index is 0.487. The van der Waals surface area contributed by atoms with Gasteiger partial charge in [0.2, 0.25) is 0 Å². The smallest absolute Gasteiger partial charge is 0.0642 e. The van der Waals surface area contributed by atoms with Gasteiger partial charge in [-0.05, 0) is 64.8 Å². The van der Waals surface area contributed by atoms with Crippen LogP contribution in [0.5, 0.6) is 0 Å². The number of rotatable bonds is 2. The fourth-order valence-corrected chi connectivity index (χ4v) is 3.06. The third-order valence-electron chi connectivity index (χ3n) is 4.15. The van der Waals surface area contributed by atoms with Crippen LogP contribution in [0.2, 0.25) is 0 Å². The topological polar surface area (TPSA) is 38.4 Å². The summed E-state index contributed by atoms with van der Waals surface area (Å²) in [6, 6.07) is 13.2. The van der Waals surface area contributed by atoms with Crippen LogP contribution in [0.3, 0.4) is 0 Å². The molecule has 2 heteroatoms. The van der Waals surface area contributed by atoms with Crippen molar-refractivity contribution in [1.29, 1.82) is 0 Å². The van der Waals surface area contributed by atoms with Crippen LogP contribution in [-0.2, 0) is 6.42 Å². The fourth-order valence-electron chi connectivity index (χ4n) is 3.06. The van der Waals surface area contributed by atoms with Gasteiger partial charge >= 0.3 is 0 Å². The van der Waals surface area contributed by atoms with E-state index >= 15 is 0 Å². The van der Waals surface area contributed by atoms with Crippen LogP contribution in [-0.4, -0.2) is 5.71 Å². The molecule has 3 rings (SSSR count). The molecule has 1 aliphatic carbocycles. The summed E-state index contributed by atoms with van der Waals surface area (Å²) in [6.45, 7) is 6.46. The molecule has 2 aromatic carbocycles. The third kappa shape index (κ3) is 1.92. The predicted octanol–water partition coefficient (Wildman–Crippen LogP) is 4.06. The Kier molecular flexibility index (Phi) is 3.09. The first-order valence-electron chi connectivity index (χ1n) is 7.11. The Labute approximate surface area is 120 Å². The second-order valence-corrected chi connectivity index (χ2v) is 5.80. The summed E-state index contributed by atoms with van der Waals surface area (Å²) in [5.41, 5.74) is 9.06. The molecule has 20 heavy (non-hydrogen) atoms. The lowest BCUT2D eigenvalue weighted by molar-refractivity contribution is 0.867. The molecule has 0 aromatic heterocycles. The average molecular weight is 264 g/mol. The predicted molar refractivity (Wildman–Crippen MR) is 85.2 cm³/mol. The Balaban J connectivity index is 2.27. The maximum Gasteiger partial charge on any atom is 0.0642 e. The second kappa shape index (κ2) is 4.78. The molecule has 0 amide bonds. The van der Waals surface area contributed by atoms with Crippen molar-refractivity contribution in [3.05, 3.63) is 58.7 Å². The van der Waals surface area contributed by atoms with Crippen LogP contribution >= 0.6 is 0 Å². The van der Waals surface area contributed by atoms with E-state index in [0.717, 1.165) is 17.7 Å². The number of fused-ring (bicyclic) bond motifs is 3. The van der Waals surface area contributed by atoms with E-state index in [-0.39, 0.29) is 0 Å². The molecule has 0 spiro atoms. The number of hydrazone groups is 1. The van der Waals surface area contributed by atoms with Gasteiger partial charge in [0.05, 0.1) is 5.71 Å². The van der Waals surface area contributed by atoms with Gasteiger partial charge < -0.3 is 5.84 Å². The molecule has 0 atom stereocenters. The summed E-state index contributed by atoms with van der Waals surface area (Å²) in [5.74, 6) is 5.93. The number of hydrogen-bond donors (Lipinski definition) is 1. The van der Waals surface area contributed by atoms with Crippen LogP contribution in [0.15, 0.2) is 41.5 Å². The van der Waals surface area contributed by atoms with Crippen molar-refractivity contribution in [2.75, 3.05) is 0 Å². The monoisotopic (exact) mass is 264 g/mol. The minimum atomic E-state index is 0.487. The first-order valence-corrected chi connectivity index (χ1v) is 7.11. The van der Waals surface area contributed by atoms with Crippen LogP contribution in [0, 0.1) is 0 Å². The Morgan fingerprint density at radius 3 is 2.60 bits per heavy atom. The molecular weight excluding hydrogens is 244 g/mol. The number of benzene rings is 2. The Morgan fingerprint density at radius 1 is 1.15 bits per heavy atom. The van der Waals surface area contributed by atoms with E-state index in [2.05, 4.69) is 55.3 Å². The molecule has 1 aliphatic rings. The number of hydrogen-bond acceptors (Lipinski definition) is 2. The Hall–Kier alpha value is -2.09. The van der Waals surface area contributed by atoms with Crippen molar-refractivity contribution in [2.24, 2.45) is 10.9 Å². The summed E-state index contributed by atoms with van der Waals surface area (Å²) in [7, 11) is 0. The van der Waals surface area contributed by atoms with E-state index in [1.54, 1.807) is 0 Å². The quantitative estimate of drug-likeness (QED) is 0.423. The Morgan fingerprint density at radius 2 is 1.90 bits per heavy atom. The minimum Gasteiger partial charge on any atom is -0.323 e. The lowest BCUT2D eigenvalue weighted by atomic mass is 9.89. The van der Waals surface area contributed by atoms with Gasteiger partial charge in [-0.1, -0.05) is 38.1 Å². The molecular formula is C18H20N2. The lowest BCUT2D eigenvalue weighted by Crippen LogP contribution is -2.03. The molecule has 0 saturated carbocycles. The molecule has 2 nitrogen and oxygen atoms in total. The number of nitrogens with two attached hydrogens (primary N) is 1. The van der Waals surface area contributed by atoms with Gasteiger partial charge in [-0.25, -0.2) is 0 Å². The van der Waals surface area contributed by atoms with Crippen LogP contribution in [0.1, 0.15) is 48.9 Å². The van der Waals surface area contributed by atoms with Gasteiger partial charge in [-0.15, -0.1) is 0 Å².